The second kappa shape index (κ2) is 9.55. The normalized spacial score (nSPS) is 10.4. The van der Waals surface area contributed by atoms with Crippen LogP contribution < -0.4 is 15.0 Å². The molecule has 0 aliphatic carbocycles. The van der Waals surface area contributed by atoms with Gasteiger partial charge in [-0.25, -0.2) is 0 Å². The Balaban J connectivity index is 1.46. The Kier molecular flexibility index (Phi) is 6.63. The predicted octanol–water partition coefficient (Wildman–Crippen LogP) is 4.09. The summed E-state index contributed by atoms with van der Waals surface area (Å²) in [4.78, 5) is 18.3. The lowest BCUT2D eigenvalue weighted by Crippen LogP contribution is -2.21. The summed E-state index contributed by atoms with van der Waals surface area (Å²) >= 11 is 0. The summed E-state index contributed by atoms with van der Waals surface area (Å²) in [5.74, 6) is 0.506. The van der Waals surface area contributed by atoms with Gasteiger partial charge < -0.3 is 15.0 Å². The molecule has 0 saturated heterocycles. The van der Waals surface area contributed by atoms with E-state index in [1.165, 1.54) is 5.56 Å². The smallest absolute Gasteiger partial charge is 0.262 e. The van der Waals surface area contributed by atoms with Crippen molar-refractivity contribution in [1.29, 1.82) is 0 Å². The van der Waals surface area contributed by atoms with Gasteiger partial charge in [0.2, 0.25) is 0 Å². The number of aromatic nitrogens is 1. The molecule has 1 N–H and O–H groups in total. The summed E-state index contributed by atoms with van der Waals surface area (Å²) < 4.78 is 5.51. The number of nitrogens with zero attached hydrogens (tertiary/aromatic N) is 2. The molecule has 3 aromatic rings. The monoisotopic (exact) mass is 375 g/mol. The Morgan fingerprint density at radius 2 is 1.68 bits per heavy atom. The predicted molar refractivity (Wildman–Crippen MR) is 113 cm³/mol. The lowest BCUT2D eigenvalue weighted by molar-refractivity contribution is -0.118. The van der Waals surface area contributed by atoms with Gasteiger partial charge in [0, 0.05) is 37.4 Å². The third-order valence-corrected chi connectivity index (χ3v) is 4.47. The summed E-state index contributed by atoms with van der Waals surface area (Å²) in [6, 6.07) is 19.5. The van der Waals surface area contributed by atoms with Gasteiger partial charge in [-0.15, -0.1) is 0 Å². The highest BCUT2D eigenvalue weighted by atomic mass is 16.5. The minimum atomic E-state index is -0.181. The number of carbonyl (C=O) groups excluding carboxylic acids is 1. The van der Waals surface area contributed by atoms with E-state index in [9.17, 15) is 4.79 Å². The number of carbonyl (C=O) groups is 1. The number of benzene rings is 2. The number of aryl methyl sites for hydroxylation is 1. The van der Waals surface area contributed by atoms with Crippen molar-refractivity contribution in [3.05, 3.63) is 84.2 Å². The van der Waals surface area contributed by atoms with Crippen LogP contribution >= 0.6 is 0 Å². The summed E-state index contributed by atoms with van der Waals surface area (Å²) in [7, 11) is 2.06. The van der Waals surface area contributed by atoms with E-state index in [1.54, 1.807) is 0 Å². The van der Waals surface area contributed by atoms with Gasteiger partial charge in [-0.1, -0.05) is 17.7 Å². The maximum atomic E-state index is 12.1. The van der Waals surface area contributed by atoms with Crippen LogP contribution in [0.5, 0.6) is 5.75 Å². The Bertz CT molecular complexity index is 878. The highest BCUT2D eigenvalue weighted by Gasteiger charge is 2.06. The van der Waals surface area contributed by atoms with Gasteiger partial charge in [-0.2, -0.15) is 0 Å². The third kappa shape index (κ3) is 5.84. The first-order valence-electron chi connectivity index (χ1n) is 9.29. The van der Waals surface area contributed by atoms with Crippen molar-refractivity contribution in [1.82, 2.24) is 4.98 Å². The zero-order chi connectivity index (χ0) is 19.8. The Hall–Kier alpha value is -3.34. The van der Waals surface area contributed by atoms with Crippen molar-refractivity contribution in [2.24, 2.45) is 0 Å². The lowest BCUT2D eigenvalue weighted by Gasteiger charge is -2.19. The number of amides is 1. The SMILES string of the molecule is Cc1ccc(OCC(=O)Nc2ccc(N(C)CCc3ccncc3)cc2)cc1. The molecule has 0 atom stereocenters. The van der Waals surface area contributed by atoms with Crippen molar-refractivity contribution in [2.45, 2.75) is 13.3 Å². The first-order valence-corrected chi connectivity index (χ1v) is 9.29. The van der Waals surface area contributed by atoms with Crippen molar-refractivity contribution < 1.29 is 9.53 Å². The molecule has 0 unspecified atom stereocenters. The molecule has 1 amide bonds. The van der Waals surface area contributed by atoms with Crippen LogP contribution in [0.25, 0.3) is 0 Å². The molecule has 0 aliphatic heterocycles. The maximum Gasteiger partial charge on any atom is 0.262 e. The van der Waals surface area contributed by atoms with E-state index in [0.717, 1.165) is 29.9 Å². The molecule has 0 spiro atoms. The Morgan fingerprint density at radius 3 is 2.36 bits per heavy atom. The number of hydrogen-bond donors (Lipinski definition) is 1. The highest BCUT2D eigenvalue weighted by Crippen LogP contribution is 2.17. The van der Waals surface area contributed by atoms with Gasteiger partial charge in [-0.05, 0) is 67.4 Å². The van der Waals surface area contributed by atoms with Gasteiger partial charge >= 0.3 is 0 Å². The number of nitrogens with one attached hydrogen (secondary N) is 1. The number of ether oxygens (including phenoxy) is 1. The molecule has 2 aromatic carbocycles. The summed E-state index contributed by atoms with van der Waals surface area (Å²) in [5.41, 5.74) is 4.27. The molecule has 0 aliphatic rings. The zero-order valence-electron chi connectivity index (χ0n) is 16.3. The van der Waals surface area contributed by atoms with Gasteiger partial charge in [0.15, 0.2) is 6.61 Å². The largest absolute Gasteiger partial charge is 0.484 e. The van der Waals surface area contributed by atoms with E-state index < -0.39 is 0 Å². The average molecular weight is 375 g/mol. The van der Waals surface area contributed by atoms with Crippen LogP contribution in [-0.4, -0.2) is 31.1 Å². The molecular weight excluding hydrogens is 350 g/mol. The van der Waals surface area contributed by atoms with Crippen LogP contribution in [0.2, 0.25) is 0 Å². The van der Waals surface area contributed by atoms with E-state index in [0.29, 0.717) is 5.75 Å². The van der Waals surface area contributed by atoms with E-state index >= 15 is 0 Å². The third-order valence-electron chi connectivity index (χ3n) is 4.47. The summed E-state index contributed by atoms with van der Waals surface area (Å²) in [6.07, 6.45) is 4.58. The van der Waals surface area contributed by atoms with Crippen molar-refractivity contribution in [3.8, 4) is 5.75 Å². The molecule has 1 aromatic heterocycles. The van der Waals surface area contributed by atoms with E-state index in [1.807, 2.05) is 80.0 Å². The molecule has 0 fully saturated rings. The fourth-order valence-electron chi connectivity index (χ4n) is 2.76. The standard InChI is InChI=1S/C23H25N3O2/c1-18-3-9-22(10-4-18)28-17-23(27)25-20-5-7-21(8-6-20)26(2)16-13-19-11-14-24-15-12-19/h3-12,14-15H,13,16-17H2,1-2H3,(H,25,27). The van der Waals surface area contributed by atoms with Crippen LogP contribution in [0.3, 0.4) is 0 Å². The van der Waals surface area contributed by atoms with Gasteiger partial charge in [-0.3, -0.25) is 9.78 Å². The molecule has 144 valence electrons. The molecule has 5 heteroatoms. The first kappa shape index (κ1) is 19.4. The Morgan fingerprint density at radius 1 is 1.00 bits per heavy atom. The van der Waals surface area contributed by atoms with Gasteiger partial charge in [0.1, 0.15) is 5.75 Å². The van der Waals surface area contributed by atoms with Crippen molar-refractivity contribution in [2.75, 3.05) is 30.4 Å². The van der Waals surface area contributed by atoms with Crippen LogP contribution in [-0.2, 0) is 11.2 Å². The maximum absolute atomic E-state index is 12.1. The number of rotatable bonds is 8. The lowest BCUT2D eigenvalue weighted by atomic mass is 10.2. The number of pyridine rings is 1. The average Bonchev–Trinajstić information content (AvgIpc) is 2.73. The molecule has 0 saturated carbocycles. The molecular formula is C23H25N3O2. The Labute approximate surface area is 166 Å². The molecule has 5 nitrogen and oxygen atoms in total. The highest BCUT2D eigenvalue weighted by molar-refractivity contribution is 5.92. The minimum absolute atomic E-state index is 0.0172. The van der Waals surface area contributed by atoms with E-state index in [4.69, 9.17) is 4.74 Å². The molecule has 0 radical (unpaired) electrons. The zero-order valence-corrected chi connectivity index (χ0v) is 16.3. The molecule has 3 rings (SSSR count). The first-order chi connectivity index (χ1) is 13.6. The van der Waals surface area contributed by atoms with Crippen LogP contribution in [0.4, 0.5) is 11.4 Å². The van der Waals surface area contributed by atoms with E-state index in [2.05, 4.69) is 22.2 Å². The van der Waals surface area contributed by atoms with Gasteiger partial charge in [0.05, 0.1) is 0 Å². The quantitative estimate of drug-likeness (QED) is 0.644. The second-order valence-corrected chi connectivity index (χ2v) is 6.72. The molecule has 28 heavy (non-hydrogen) atoms. The van der Waals surface area contributed by atoms with Crippen LogP contribution in [0, 0.1) is 6.92 Å². The van der Waals surface area contributed by atoms with Crippen LogP contribution in [0.1, 0.15) is 11.1 Å². The fourth-order valence-corrected chi connectivity index (χ4v) is 2.76. The van der Waals surface area contributed by atoms with Crippen molar-refractivity contribution >= 4 is 17.3 Å². The fraction of sp³-hybridized carbons (Fsp3) is 0.217. The summed E-state index contributed by atoms with van der Waals surface area (Å²) in [5, 5.41) is 2.86. The minimum Gasteiger partial charge on any atom is -0.484 e. The number of anilines is 2. The van der Waals surface area contributed by atoms with Crippen molar-refractivity contribution in [3.63, 3.8) is 0 Å². The topological polar surface area (TPSA) is 54.5 Å². The van der Waals surface area contributed by atoms with E-state index in [-0.39, 0.29) is 12.5 Å². The summed E-state index contributed by atoms with van der Waals surface area (Å²) in [6.45, 7) is 2.90. The van der Waals surface area contributed by atoms with Crippen LogP contribution in [0.15, 0.2) is 73.1 Å². The second-order valence-electron chi connectivity index (χ2n) is 6.72. The molecule has 0 bridgehead atoms. The van der Waals surface area contributed by atoms with Gasteiger partial charge in [0.25, 0.3) is 5.91 Å². The number of hydrogen-bond acceptors (Lipinski definition) is 4. The molecule has 1 heterocycles. The number of likely N-dealkylation sites (N-methyl/N-ethyl adjacent to an activating group) is 1.